The molecular weight excluding hydrogens is 274 g/mol. The molecule has 3 nitrogen and oxygen atoms in total. The summed E-state index contributed by atoms with van der Waals surface area (Å²) in [7, 11) is 1.84. The Morgan fingerprint density at radius 2 is 2.05 bits per heavy atom. The lowest BCUT2D eigenvalue weighted by Gasteiger charge is -2.11. The number of aryl methyl sites for hydroxylation is 1. The number of aromatic nitrogens is 2. The van der Waals surface area contributed by atoms with Gasteiger partial charge < -0.3 is 9.88 Å². The summed E-state index contributed by atoms with van der Waals surface area (Å²) >= 11 is 0. The minimum Gasteiger partial charge on any atom is -0.385 e. The second-order valence-electron chi connectivity index (χ2n) is 4.32. The van der Waals surface area contributed by atoms with E-state index >= 15 is 0 Å². The van der Waals surface area contributed by atoms with Gasteiger partial charge in [0.1, 0.15) is 11.6 Å². The quantitative estimate of drug-likeness (QED) is 0.875. The summed E-state index contributed by atoms with van der Waals surface area (Å²) in [4.78, 5) is 4.10. The Labute approximate surface area is 113 Å². The van der Waals surface area contributed by atoms with Crippen LogP contribution in [0.2, 0.25) is 0 Å². The third-order valence-corrected chi connectivity index (χ3v) is 2.87. The highest BCUT2D eigenvalue weighted by molar-refractivity contribution is 5.47. The molecular formula is C13H13F4N3. The van der Waals surface area contributed by atoms with Crippen LogP contribution in [-0.4, -0.2) is 16.1 Å². The monoisotopic (exact) mass is 287 g/mol. The second-order valence-corrected chi connectivity index (χ2v) is 4.32. The van der Waals surface area contributed by atoms with E-state index in [0.717, 1.165) is 18.0 Å². The van der Waals surface area contributed by atoms with Crippen LogP contribution < -0.4 is 5.32 Å². The molecule has 0 aliphatic rings. The van der Waals surface area contributed by atoms with Gasteiger partial charge in [0.25, 0.3) is 0 Å². The van der Waals surface area contributed by atoms with Gasteiger partial charge in [0, 0.05) is 38.1 Å². The van der Waals surface area contributed by atoms with Gasteiger partial charge in [-0.15, -0.1) is 0 Å². The molecule has 0 atom stereocenters. The van der Waals surface area contributed by atoms with E-state index in [4.69, 9.17) is 0 Å². The summed E-state index contributed by atoms with van der Waals surface area (Å²) in [6.45, 7) is 0.410. The Bertz CT molecular complexity index is 590. The van der Waals surface area contributed by atoms with E-state index in [1.54, 1.807) is 12.4 Å². The van der Waals surface area contributed by atoms with E-state index in [1.807, 2.05) is 11.6 Å². The number of hydrogen-bond acceptors (Lipinski definition) is 2. The van der Waals surface area contributed by atoms with E-state index in [0.29, 0.717) is 13.0 Å². The maximum absolute atomic E-state index is 13.1. The maximum Gasteiger partial charge on any atom is 0.419 e. The molecule has 1 N–H and O–H groups in total. The lowest BCUT2D eigenvalue weighted by molar-refractivity contribution is -0.139. The molecule has 1 heterocycles. The van der Waals surface area contributed by atoms with Crippen LogP contribution in [0.5, 0.6) is 0 Å². The maximum atomic E-state index is 13.1. The van der Waals surface area contributed by atoms with Crippen molar-refractivity contribution in [2.75, 3.05) is 11.9 Å². The topological polar surface area (TPSA) is 29.9 Å². The van der Waals surface area contributed by atoms with E-state index in [1.165, 1.54) is 6.07 Å². The first-order valence-electron chi connectivity index (χ1n) is 5.95. The largest absolute Gasteiger partial charge is 0.419 e. The normalized spacial score (nSPS) is 11.7. The number of benzene rings is 1. The molecule has 0 aliphatic heterocycles. The average molecular weight is 287 g/mol. The van der Waals surface area contributed by atoms with Crippen molar-refractivity contribution in [2.45, 2.75) is 12.6 Å². The molecule has 0 spiro atoms. The Balaban J connectivity index is 2.02. The lowest BCUT2D eigenvalue weighted by Crippen LogP contribution is -2.11. The third kappa shape index (κ3) is 3.28. The molecule has 0 saturated heterocycles. The van der Waals surface area contributed by atoms with Crippen LogP contribution in [0.25, 0.3) is 0 Å². The van der Waals surface area contributed by atoms with Crippen LogP contribution in [0.15, 0.2) is 30.6 Å². The summed E-state index contributed by atoms with van der Waals surface area (Å²) < 4.78 is 52.6. The first-order chi connectivity index (χ1) is 9.38. The molecule has 108 valence electrons. The van der Waals surface area contributed by atoms with Gasteiger partial charge in [0.15, 0.2) is 0 Å². The number of imidazole rings is 1. The number of alkyl halides is 3. The van der Waals surface area contributed by atoms with E-state index in [2.05, 4.69) is 10.3 Å². The Morgan fingerprint density at radius 1 is 1.30 bits per heavy atom. The van der Waals surface area contributed by atoms with Crippen LogP contribution in [0.1, 0.15) is 11.4 Å². The predicted molar refractivity (Wildman–Crippen MR) is 66.8 cm³/mol. The molecule has 0 saturated carbocycles. The van der Waals surface area contributed by atoms with Gasteiger partial charge in [-0.05, 0) is 18.2 Å². The van der Waals surface area contributed by atoms with E-state index in [9.17, 15) is 17.6 Å². The number of anilines is 1. The Kier molecular flexibility index (Phi) is 3.96. The van der Waals surface area contributed by atoms with Gasteiger partial charge in [-0.25, -0.2) is 9.37 Å². The van der Waals surface area contributed by atoms with Crippen molar-refractivity contribution < 1.29 is 17.6 Å². The molecule has 0 bridgehead atoms. The molecule has 20 heavy (non-hydrogen) atoms. The zero-order valence-corrected chi connectivity index (χ0v) is 10.7. The number of nitrogens with one attached hydrogen (secondary N) is 1. The summed E-state index contributed by atoms with van der Waals surface area (Å²) in [5, 5.41) is 2.83. The molecule has 0 amide bonds. The molecule has 2 rings (SSSR count). The molecule has 0 aliphatic carbocycles. The molecule has 0 fully saturated rings. The number of hydrogen-bond donors (Lipinski definition) is 1. The van der Waals surface area contributed by atoms with Gasteiger partial charge in [-0.3, -0.25) is 0 Å². The lowest BCUT2D eigenvalue weighted by atomic mass is 10.2. The summed E-state index contributed by atoms with van der Waals surface area (Å²) in [6.07, 6.45) is -0.701. The third-order valence-electron chi connectivity index (χ3n) is 2.87. The van der Waals surface area contributed by atoms with Crippen molar-refractivity contribution in [3.05, 3.63) is 47.8 Å². The number of nitrogens with zero attached hydrogens (tertiary/aromatic N) is 2. The first kappa shape index (κ1) is 14.4. The van der Waals surface area contributed by atoms with Gasteiger partial charge in [0.05, 0.1) is 5.56 Å². The summed E-state index contributed by atoms with van der Waals surface area (Å²) in [5.41, 5.74) is -1.03. The fourth-order valence-electron chi connectivity index (χ4n) is 1.81. The van der Waals surface area contributed by atoms with Crippen LogP contribution in [0.4, 0.5) is 23.2 Å². The van der Waals surface area contributed by atoms with Crippen molar-refractivity contribution >= 4 is 5.69 Å². The molecule has 0 radical (unpaired) electrons. The number of halogens is 4. The van der Waals surface area contributed by atoms with Crippen LogP contribution in [0.3, 0.4) is 0 Å². The van der Waals surface area contributed by atoms with Crippen molar-refractivity contribution in [2.24, 2.45) is 7.05 Å². The first-order valence-corrected chi connectivity index (χ1v) is 5.95. The Morgan fingerprint density at radius 3 is 2.65 bits per heavy atom. The second kappa shape index (κ2) is 5.52. The van der Waals surface area contributed by atoms with Crippen LogP contribution >= 0.6 is 0 Å². The van der Waals surface area contributed by atoms with Gasteiger partial charge in [-0.2, -0.15) is 13.2 Å². The molecule has 1 aromatic carbocycles. The summed E-state index contributed by atoms with van der Waals surface area (Å²) in [5.74, 6) is -0.456. The van der Waals surface area contributed by atoms with Crippen molar-refractivity contribution in [3.8, 4) is 0 Å². The SMILES string of the molecule is Cn1ccnc1CCNc1ccc(F)c(C(F)(F)F)c1. The summed E-state index contributed by atoms with van der Waals surface area (Å²) in [6, 6.07) is 2.86. The molecule has 2 aromatic rings. The van der Waals surface area contributed by atoms with Crippen LogP contribution in [0, 0.1) is 5.82 Å². The van der Waals surface area contributed by atoms with E-state index in [-0.39, 0.29) is 5.69 Å². The molecule has 0 unspecified atom stereocenters. The van der Waals surface area contributed by atoms with Gasteiger partial charge in [-0.1, -0.05) is 0 Å². The fourth-order valence-corrected chi connectivity index (χ4v) is 1.81. The highest BCUT2D eigenvalue weighted by Crippen LogP contribution is 2.32. The Hall–Kier alpha value is -2.05. The molecule has 7 heteroatoms. The average Bonchev–Trinajstić information content (AvgIpc) is 2.76. The predicted octanol–water partition coefficient (Wildman–Crippen LogP) is 3.23. The fraction of sp³-hybridized carbons (Fsp3) is 0.308. The molecule has 1 aromatic heterocycles. The highest BCUT2D eigenvalue weighted by atomic mass is 19.4. The zero-order chi connectivity index (χ0) is 14.8. The van der Waals surface area contributed by atoms with Crippen molar-refractivity contribution in [1.29, 1.82) is 0 Å². The minimum absolute atomic E-state index is 0.230. The van der Waals surface area contributed by atoms with Crippen molar-refractivity contribution in [3.63, 3.8) is 0 Å². The van der Waals surface area contributed by atoms with E-state index < -0.39 is 17.6 Å². The standard InChI is InChI=1S/C13H13F4N3/c1-20-7-6-19-12(20)4-5-18-9-2-3-11(14)10(8-9)13(15,16)17/h2-3,6-8,18H,4-5H2,1H3. The van der Waals surface area contributed by atoms with Gasteiger partial charge in [0.2, 0.25) is 0 Å². The smallest absolute Gasteiger partial charge is 0.385 e. The minimum atomic E-state index is -4.69. The zero-order valence-electron chi connectivity index (χ0n) is 10.7. The highest BCUT2D eigenvalue weighted by Gasteiger charge is 2.34. The van der Waals surface area contributed by atoms with Gasteiger partial charge >= 0.3 is 6.18 Å². The van der Waals surface area contributed by atoms with Crippen molar-refractivity contribution in [1.82, 2.24) is 9.55 Å². The van der Waals surface area contributed by atoms with Crippen LogP contribution in [-0.2, 0) is 19.6 Å². The number of rotatable bonds is 4.